The Morgan fingerprint density at radius 1 is 1.36 bits per heavy atom. The van der Waals surface area contributed by atoms with Crippen molar-refractivity contribution in [3.8, 4) is 0 Å². The molecule has 2 rings (SSSR count). The molecular formula is C11H16F3N3O4S. The van der Waals surface area contributed by atoms with Gasteiger partial charge in [-0.1, -0.05) is 0 Å². The molecule has 0 aromatic carbocycles. The molecule has 1 saturated heterocycles. The van der Waals surface area contributed by atoms with Gasteiger partial charge in [0, 0.05) is 13.1 Å². The van der Waals surface area contributed by atoms with E-state index in [-0.39, 0.29) is 11.9 Å². The Morgan fingerprint density at radius 2 is 1.95 bits per heavy atom. The van der Waals surface area contributed by atoms with Crippen LogP contribution in [0.1, 0.15) is 25.6 Å². The third kappa shape index (κ3) is 4.32. The van der Waals surface area contributed by atoms with Gasteiger partial charge in [-0.15, -0.1) is 0 Å². The van der Waals surface area contributed by atoms with E-state index in [0.29, 0.717) is 25.9 Å². The van der Waals surface area contributed by atoms with E-state index in [1.165, 1.54) is 0 Å². The predicted octanol–water partition coefficient (Wildman–Crippen LogP) is 1.67. The average Bonchev–Trinajstić information content (AvgIpc) is 2.86. The van der Waals surface area contributed by atoms with Gasteiger partial charge < -0.3 is 9.42 Å². The van der Waals surface area contributed by atoms with E-state index < -0.39 is 28.2 Å². The molecule has 0 bridgehead atoms. The fraction of sp³-hybridized carbons (Fsp3) is 0.818. The predicted molar refractivity (Wildman–Crippen MR) is 69.6 cm³/mol. The first kappa shape index (κ1) is 17.0. The topological polar surface area (TPSA) is 85.5 Å². The third-order valence-corrected chi connectivity index (χ3v) is 4.12. The molecule has 1 aliphatic rings. The summed E-state index contributed by atoms with van der Waals surface area (Å²) in [5, 5.41) is 2.91. The maximum Gasteiger partial charge on any atom is 0.455 e. The number of alkyl halides is 3. The summed E-state index contributed by atoms with van der Waals surface area (Å²) >= 11 is 0. The van der Waals surface area contributed by atoms with Crippen molar-refractivity contribution in [2.24, 2.45) is 5.92 Å². The van der Waals surface area contributed by atoms with E-state index >= 15 is 0 Å². The Hall–Kier alpha value is -1.36. The van der Waals surface area contributed by atoms with Gasteiger partial charge in [0.15, 0.2) is 0 Å². The Labute approximate surface area is 125 Å². The van der Waals surface area contributed by atoms with Gasteiger partial charge in [-0.05, 0) is 30.8 Å². The standard InChI is InChI=1S/C11H16F3N3O4S/c1-7(21-22(2,18)19)8-3-5-17(6-4-8)10-15-9(16-20-10)11(12,13)14/h7-8H,3-6H2,1-2H3. The Bertz CT molecular complexity index is 608. The van der Waals surface area contributed by atoms with Crippen molar-refractivity contribution in [1.29, 1.82) is 0 Å². The van der Waals surface area contributed by atoms with Crippen molar-refractivity contribution < 1.29 is 30.3 Å². The molecule has 0 N–H and O–H groups in total. The molecule has 0 spiro atoms. The third-order valence-electron chi connectivity index (χ3n) is 3.47. The van der Waals surface area contributed by atoms with Crippen molar-refractivity contribution in [1.82, 2.24) is 10.1 Å². The average molecular weight is 343 g/mol. The first-order valence-electron chi connectivity index (χ1n) is 6.60. The first-order valence-corrected chi connectivity index (χ1v) is 8.42. The van der Waals surface area contributed by atoms with E-state index in [1.54, 1.807) is 11.8 Å². The van der Waals surface area contributed by atoms with Crippen LogP contribution in [0, 0.1) is 5.92 Å². The lowest BCUT2D eigenvalue weighted by Gasteiger charge is -2.33. The van der Waals surface area contributed by atoms with Crippen LogP contribution in [0.4, 0.5) is 19.2 Å². The molecular weight excluding hydrogens is 327 g/mol. The van der Waals surface area contributed by atoms with Crippen LogP contribution < -0.4 is 4.90 Å². The summed E-state index contributed by atoms with van der Waals surface area (Å²) in [4.78, 5) is 4.88. The number of aromatic nitrogens is 2. The molecule has 126 valence electrons. The molecule has 1 aliphatic heterocycles. The molecule has 1 unspecified atom stereocenters. The highest BCUT2D eigenvalue weighted by molar-refractivity contribution is 7.86. The Balaban J connectivity index is 1.93. The zero-order valence-electron chi connectivity index (χ0n) is 12.0. The quantitative estimate of drug-likeness (QED) is 0.769. The van der Waals surface area contributed by atoms with Gasteiger partial charge >= 0.3 is 12.2 Å². The second kappa shape index (κ2) is 6.03. The van der Waals surface area contributed by atoms with Crippen LogP contribution in [0.25, 0.3) is 0 Å². The van der Waals surface area contributed by atoms with Crippen LogP contribution in [0.15, 0.2) is 4.52 Å². The Morgan fingerprint density at radius 3 is 2.41 bits per heavy atom. The van der Waals surface area contributed by atoms with E-state index in [9.17, 15) is 21.6 Å². The molecule has 0 radical (unpaired) electrons. The summed E-state index contributed by atoms with van der Waals surface area (Å²) in [6.45, 7) is 2.44. The van der Waals surface area contributed by atoms with Crippen molar-refractivity contribution in [3.05, 3.63) is 5.82 Å². The molecule has 0 saturated carbocycles. The molecule has 1 aromatic rings. The number of halogens is 3. The van der Waals surface area contributed by atoms with E-state index in [1.807, 2.05) is 0 Å². The molecule has 7 nitrogen and oxygen atoms in total. The van der Waals surface area contributed by atoms with Gasteiger partial charge in [0.05, 0.1) is 12.4 Å². The summed E-state index contributed by atoms with van der Waals surface area (Å²) < 4.78 is 69.0. The van der Waals surface area contributed by atoms with Crippen molar-refractivity contribution >= 4 is 16.1 Å². The van der Waals surface area contributed by atoms with Crippen LogP contribution in [-0.2, 0) is 20.5 Å². The SMILES string of the molecule is CC(OS(C)(=O)=O)C1CCN(c2nc(C(F)(F)F)no2)CC1. The number of nitrogens with zero attached hydrogens (tertiary/aromatic N) is 3. The van der Waals surface area contributed by atoms with Crippen LogP contribution in [0.3, 0.4) is 0 Å². The molecule has 1 aromatic heterocycles. The lowest BCUT2D eigenvalue weighted by molar-refractivity contribution is -0.146. The minimum absolute atomic E-state index is 0.00372. The molecule has 22 heavy (non-hydrogen) atoms. The zero-order valence-corrected chi connectivity index (χ0v) is 12.8. The van der Waals surface area contributed by atoms with Crippen LogP contribution in [0.2, 0.25) is 0 Å². The van der Waals surface area contributed by atoms with Crippen LogP contribution >= 0.6 is 0 Å². The zero-order chi connectivity index (χ0) is 16.5. The number of hydrogen-bond acceptors (Lipinski definition) is 7. The number of rotatable bonds is 4. The van der Waals surface area contributed by atoms with E-state index in [0.717, 1.165) is 6.26 Å². The molecule has 11 heteroatoms. The minimum Gasteiger partial charge on any atom is -0.324 e. The second-order valence-corrected chi connectivity index (χ2v) is 6.83. The maximum absolute atomic E-state index is 12.4. The van der Waals surface area contributed by atoms with Crippen molar-refractivity contribution in [3.63, 3.8) is 0 Å². The van der Waals surface area contributed by atoms with Gasteiger partial charge in [-0.25, -0.2) is 0 Å². The number of piperidine rings is 1. The highest BCUT2D eigenvalue weighted by atomic mass is 32.2. The summed E-state index contributed by atoms with van der Waals surface area (Å²) in [6.07, 6.45) is -3.03. The van der Waals surface area contributed by atoms with Gasteiger partial charge in [-0.3, -0.25) is 4.18 Å². The summed E-state index contributed by atoms with van der Waals surface area (Å²) in [6, 6.07) is -0.178. The molecule has 2 heterocycles. The summed E-state index contributed by atoms with van der Waals surface area (Å²) in [7, 11) is -3.53. The fourth-order valence-corrected chi connectivity index (χ4v) is 3.08. The van der Waals surface area contributed by atoms with Gasteiger partial charge in [0.1, 0.15) is 0 Å². The van der Waals surface area contributed by atoms with E-state index in [4.69, 9.17) is 4.18 Å². The molecule has 1 atom stereocenters. The van der Waals surface area contributed by atoms with Crippen molar-refractivity contribution in [2.75, 3.05) is 24.2 Å². The van der Waals surface area contributed by atoms with Gasteiger partial charge in [-0.2, -0.15) is 26.6 Å². The lowest BCUT2D eigenvalue weighted by atomic mass is 9.92. The van der Waals surface area contributed by atoms with Gasteiger partial charge in [0.2, 0.25) is 0 Å². The Kier molecular flexibility index (Phi) is 4.66. The molecule has 1 fully saturated rings. The van der Waals surface area contributed by atoms with Gasteiger partial charge in [0.25, 0.3) is 15.9 Å². The van der Waals surface area contributed by atoms with Crippen LogP contribution in [-0.4, -0.2) is 44.0 Å². The maximum atomic E-state index is 12.4. The lowest BCUT2D eigenvalue weighted by Crippen LogP contribution is -2.38. The summed E-state index contributed by atoms with van der Waals surface area (Å²) in [5.74, 6) is -1.31. The van der Waals surface area contributed by atoms with E-state index in [2.05, 4.69) is 14.7 Å². The minimum atomic E-state index is -4.64. The number of hydrogen-bond donors (Lipinski definition) is 0. The fourth-order valence-electron chi connectivity index (χ4n) is 2.37. The second-order valence-electron chi connectivity index (χ2n) is 5.23. The monoisotopic (exact) mass is 343 g/mol. The normalized spacial score (nSPS) is 19.4. The first-order chi connectivity index (χ1) is 10.1. The highest BCUT2D eigenvalue weighted by Crippen LogP contribution is 2.30. The summed E-state index contributed by atoms with van der Waals surface area (Å²) in [5.41, 5.74) is 0. The number of anilines is 1. The smallest absolute Gasteiger partial charge is 0.324 e. The van der Waals surface area contributed by atoms with Crippen molar-refractivity contribution in [2.45, 2.75) is 32.0 Å². The molecule has 0 amide bonds. The molecule has 0 aliphatic carbocycles. The van der Waals surface area contributed by atoms with Crippen LogP contribution in [0.5, 0.6) is 0 Å². The highest BCUT2D eigenvalue weighted by Gasteiger charge is 2.38. The largest absolute Gasteiger partial charge is 0.455 e.